The molecule has 1 aliphatic carbocycles. The topological polar surface area (TPSA) is 58.1 Å². The molecule has 172 valence electrons. The zero-order chi connectivity index (χ0) is 22.1. The van der Waals surface area contributed by atoms with Gasteiger partial charge in [-0.25, -0.2) is 4.98 Å². The van der Waals surface area contributed by atoms with Gasteiger partial charge in [-0.05, 0) is 25.0 Å². The number of thiazole rings is 1. The normalized spacial score (nSPS) is 20.0. The van der Waals surface area contributed by atoms with Crippen molar-refractivity contribution in [3.05, 3.63) is 28.8 Å². The molecule has 0 radical (unpaired) electrons. The lowest BCUT2D eigenvalue weighted by Crippen LogP contribution is -2.55. The molecule has 32 heavy (non-hydrogen) atoms. The summed E-state index contributed by atoms with van der Waals surface area (Å²) >= 11 is 1.68. The van der Waals surface area contributed by atoms with E-state index < -0.39 is 0 Å². The van der Waals surface area contributed by atoms with Crippen molar-refractivity contribution in [2.75, 3.05) is 53.5 Å². The Balaban J connectivity index is 1.22. The maximum atomic E-state index is 13.0. The number of piperazine rings is 1. The molecular weight excluding hydrogens is 424 g/mol. The second-order valence-corrected chi connectivity index (χ2v) is 9.97. The number of carbonyl (C=O) groups is 1. The van der Waals surface area contributed by atoms with Crippen LogP contribution < -0.4 is 9.47 Å². The largest absolute Gasteiger partial charge is 0.496 e. The third-order valence-corrected chi connectivity index (χ3v) is 8.17. The Kier molecular flexibility index (Phi) is 6.35. The highest BCUT2D eigenvalue weighted by Crippen LogP contribution is 2.42. The minimum absolute atomic E-state index is 0.262. The molecule has 2 fully saturated rings. The van der Waals surface area contributed by atoms with Crippen LogP contribution in [0.5, 0.6) is 11.5 Å². The zero-order valence-electron chi connectivity index (χ0n) is 19.0. The first-order chi connectivity index (χ1) is 15.7. The molecule has 0 spiro atoms. The van der Waals surface area contributed by atoms with Gasteiger partial charge in [0.2, 0.25) is 5.91 Å². The van der Waals surface area contributed by atoms with E-state index in [9.17, 15) is 4.79 Å². The summed E-state index contributed by atoms with van der Waals surface area (Å²) in [7, 11) is 3.34. The fourth-order valence-electron chi connectivity index (χ4n) is 4.93. The van der Waals surface area contributed by atoms with E-state index in [1.54, 1.807) is 25.6 Å². The van der Waals surface area contributed by atoms with Crippen LogP contribution in [-0.4, -0.2) is 85.1 Å². The lowest BCUT2D eigenvalue weighted by Gasteiger charge is -2.43. The highest BCUT2D eigenvalue weighted by Gasteiger charge is 2.31. The first-order valence-corrected chi connectivity index (χ1v) is 12.4. The van der Waals surface area contributed by atoms with E-state index in [-0.39, 0.29) is 5.91 Å². The Morgan fingerprint density at radius 1 is 1.09 bits per heavy atom. The summed E-state index contributed by atoms with van der Waals surface area (Å²) < 4.78 is 11.1. The van der Waals surface area contributed by atoms with Gasteiger partial charge in [-0.1, -0.05) is 12.5 Å². The summed E-state index contributed by atoms with van der Waals surface area (Å²) in [5.74, 6) is 1.80. The van der Waals surface area contributed by atoms with Crippen molar-refractivity contribution in [1.82, 2.24) is 19.7 Å². The van der Waals surface area contributed by atoms with Crippen LogP contribution in [0.15, 0.2) is 18.2 Å². The number of methoxy groups -OCH3 is 2. The van der Waals surface area contributed by atoms with Crippen LogP contribution in [0.2, 0.25) is 0 Å². The third-order valence-electron chi connectivity index (χ3n) is 7.07. The van der Waals surface area contributed by atoms with Crippen LogP contribution in [-0.2, 0) is 17.8 Å². The predicted octanol–water partition coefficient (Wildman–Crippen LogP) is 2.88. The molecule has 2 aromatic rings. The summed E-state index contributed by atoms with van der Waals surface area (Å²) in [5.41, 5.74) is 2.04. The van der Waals surface area contributed by atoms with Crippen molar-refractivity contribution in [1.29, 1.82) is 0 Å². The predicted molar refractivity (Wildman–Crippen MR) is 125 cm³/mol. The van der Waals surface area contributed by atoms with Crippen molar-refractivity contribution in [2.24, 2.45) is 0 Å². The Bertz CT molecular complexity index is 944. The van der Waals surface area contributed by atoms with Crippen LogP contribution in [0, 0.1) is 0 Å². The van der Waals surface area contributed by atoms with E-state index >= 15 is 0 Å². The number of hydrogen-bond acceptors (Lipinski definition) is 7. The molecule has 3 heterocycles. The van der Waals surface area contributed by atoms with Crippen molar-refractivity contribution in [3.8, 4) is 22.1 Å². The van der Waals surface area contributed by atoms with Crippen LogP contribution >= 0.6 is 11.3 Å². The highest BCUT2D eigenvalue weighted by atomic mass is 32.1. The van der Waals surface area contributed by atoms with E-state index in [2.05, 4.69) is 14.7 Å². The second-order valence-electron chi connectivity index (χ2n) is 8.89. The average molecular weight is 457 g/mol. The van der Waals surface area contributed by atoms with Gasteiger partial charge in [0.05, 0.1) is 32.0 Å². The number of hydrogen-bond donors (Lipinski definition) is 0. The molecule has 0 atom stereocenters. The molecule has 5 rings (SSSR count). The fourth-order valence-corrected chi connectivity index (χ4v) is 6.14. The number of rotatable bonds is 6. The van der Waals surface area contributed by atoms with Crippen molar-refractivity contribution in [3.63, 3.8) is 0 Å². The number of aromatic nitrogens is 1. The van der Waals surface area contributed by atoms with Crippen molar-refractivity contribution >= 4 is 17.2 Å². The molecule has 1 amide bonds. The van der Waals surface area contributed by atoms with Crippen LogP contribution in [0.4, 0.5) is 0 Å². The van der Waals surface area contributed by atoms with E-state index in [4.69, 9.17) is 14.5 Å². The smallest absolute Gasteiger partial charge is 0.236 e. The third kappa shape index (κ3) is 4.23. The molecule has 1 saturated heterocycles. The molecule has 0 bridgehead atoms. The van der Waals surface area contributed by atoms with Crippen molar-refractivity contribution < 1.29 is 14.3 Å². The molecule has 7 nitrogen and oxygen atoms in total. The number of benzene rings is 1. The number of amides is 1. The number of ether oxygens (including phenoxy) is 2. The standard InChI is InChI=1S/C24H32N4O3S/c1-30-19-7-4-8-20(31-2)23(19)24-25-18-9-10-26(15-21(18)32-24)16-22(29)28-13-11-27(12-14-28)17-5-3-6-17/h4,7-8,17H,3,5-6,9-16H2,1-2H3. The van der Waals surface area contributed by atoms with Gasteiger partial charge in [0.15, 0.2) is 0 Å². The second kappa shape index (κ2) is 9.37. The highest BCUT2D eigenvalue weighted by molar-refractivity contribution is 7.15. The first-order valence-electron chi connectivity index (χ1n) is 11.6. The quantitative estimate of drug-likeness (QED) is 0.666. The molecule has 1 saturated carbocycles. The number of nitrogens with zero attached hydrogens (tertiary/aromatic N) is 4. The van der Waals surface area contributed by atoms with Gasteiger partial charge in [0.1, 0.15) is 16.5 Å². The number of carbonyl (C=O) groups excluding carboxylic acids is 1. The van der Waals surface area contributed by atoms with E-state index in [0.717, 1.165) is 79.5 Å². The Hall–Kier alpha value is -2.16. The molecule has 8 heteroatoms. The van der Waals surface area contributed by atoms with E-state index in [1.165, 1.54) is 24.1 Å². The van der Waals surface area contributed by atoms with Crippen LogP contribution in [0.1, 0.15) is 29.8 Å². The summed E-state index contributed by atoms with van der Waals surface area (Å²) in [4.78, 5) is 26.0. The van der Waals surface area contributed by atoms with Gasteiger partial charge in [-0.3, -0.25) is 14.6 Å². The molecule has 1 aromatic carbocycles. The van der Waals surface area contributed by atoms with E-state index in [0.29, 0.717) is 6.54 Å². The maximum absolute atomic E-state index is 13.0. The Morgan fingerprint density at radius 2 is 1.81 bits per heavy atom. The monoisotopic (exact) mass is 456 g/mol. The molecule has 3 aliphatic rings. The Morgan fingerprint density at radius 3 is 2.44 bits per heavy atom. The minimum Gasteiger partial charge on any atom is -0.496 e. The first kappa shape index (κ1) is 21.7. The fraction of sp³-hybridized carbons (Fsp3) is 0.583. The minimum atomic E-state index is 0.262. The van der Waals surface area contributed by atoms with Gasteiger partial charge in [0.25, 0.3) is 0 Å². The van der Waals surface area contributed by atoms with E-state index in [1.807, 2.05) is 18.2 Å². The molecule has 1 aromatic heterocycles. The summed E-state index contributed by atoms with van der Waals surface area (Å²) in [6.07, 6.45) is 4.90. The van der Waals surface area contributed by atoms with Crippen molar-refractivity contribution in [2.45, 2.75) is 38.3 Å². The molecule has 0 unspecified atom stereocenters. The summed E-state index contributed by atoms with van der Waals surface area (Å²) in [5, 5.41) is 0.921. The number of fused-ring (bicyclic) bond motifs is 1. The van der Waals surface area contributed by atoms with Gasteiger partial charge in [-0.15, -0.1) is 11.3 Å². The SMILES string of the molecule is COc1cccc(OC)c1-c1nc2c(s1)CN(CC(=O)N1CCN(C3CCC3)CC1)CC2. The lowest BCUT2D eigenvalue weighted by molar-refractivity contribution is -0.135. The zero-order valence-corrected chi connectivity index (χ0v) is 19.8. The maximum Gasteiger partial charge on any atom is 0.236 e. The average Bonchev–Trinajstić information content (AvgIpc) is 3.20. The molecule has 2 aliphatic heterocycles. The van der Waals surface area contributed by atoms with Crippen LogP contribution in [0.25, 0.3) is 10.6 Å². The lowest BCUT2D eigenvalue weighted by atomic mass is 9.91. The summed E-state index contributed by atoms with van der Waals surface area (Å²) in [6, 6.07) is 6.57. The Labute approximate surface area is 193 Å². The van der Waals surface area contributed by atoms with Gasteiger partial charge >= 0.3 is 0 Å². The molecular formula is C24H32N4O3S. The van der Waals surface area contributed by atoms with Gasteiger partial charge in [0, 0.05) is 56.6 Å². The molecule has 0 N–H and O–H groups in total. The van der Waals surface area contributed by atoms with Crippen LogP contribution in [0.3, 0.4) is 0 Å². The summed E-state index contributed by atoms with van der Waals surface area (Å²) in [6.45, 7) is 5.93. The van der Waals surface area contributed by atoms with Gasteiger partial charge < -0.3 is 14.4 Å². The van der Waals surface area contributed by atoms with Gasteiger partial charge in [-0.2, -0.15) is 0 Å².